The molecule has 2 aromatic heterocycles. The molecule has 0 bridgehead atoms. The summed E-state index contributed by atoms with van der Waals surface area (Å²) in [4.78, 5) is 17.3. The number of fused-ring (bicyclic) bond motifs is 1. The highest BCUT2D eigenvalue weighted by Gasteiger charge is 2.13. The number of aryl methyl sites for hydroxylation is 2. The zero-order valence-electron chi connectivity index (χ0n) is 13.7. The summed E-state index contributed by atoms with van der Waals surface area (Å²) < 4.78 is 5.71. The van der Waals surface area contributed by atoms with Crippen molar-refractivity contribution in [2.75, 3.05) is 5.73 Å². The van der Waals surface area contributed by atoms with Crippen molar-refractivity contribution in [1.82, 2.24) is 19.9 Å². The third kappa shape index (κ3) is 3.06. The molecule has 0 fully saturated rings. The third-order valence-corrected chi connectivity index (χ3v) is 3.54. The molecule has 0 aliphatic carbocycles. The second kappa shape index (κ2) is 5.79. The predicted molar refractivity (Wildman–Crippen MR) is 90.2 cm³/mol. The lowest BCUT2D eigenvalue weighted by Gasteiger charge is -2.11. The minimum Gasteiger partial charge on any atom is -0.473 e. The predicted octanol–water partition coefficient (Wildman–Crippen LogP) is 3.07. The summed E-state index contributed by atoms with van der Waals surface area (Å²) in [6, 6.07) is 6.19. The molecule has 0 saturated carbocycles. The van der Waals surface area contributed by atoms with Crippen LogP contribution in [0.4, 0.5) is 5.95 Å². The van der Waals surface area contributed by atoms with Crippen molar-refractivity contribution in [2.45, 2.75) is 33.8 Å². The summed E-state index contributed by atoms with van der Waals surface area (Å²) in [6.45, 7) is 8.00. The normalized spacial score (nSPS) is 11.2. The van der Waals surface area contributed by atoms with Crippen LogP contribution in [0.2, 0.25) is 0 Å². The number of nitrogens with two attached hydrogens (primary N) is 1. The van der Waals surface area contributed by atoms with E-state index >= 15 is 0 Å². The molecule has 0 aliphatic heterocycles. The van der Waals surface area contributed by atoms with Crippen molar-refractivity contribution >= 4 is 17.1 Å². The molecule has 1 aromatic carbocycles. The molecular formula is C17H19N5O. The summed E-state index contributed by atoms with van der Waals surface area (Å²) in [7, 11) is 0. The monoisotopic (exact) mass is 309 g/mol. The first-order valence-electron chi connectivity index (χ1n) is 7.48. The Morgan fingerprint density at radius 1 is 1.04 bits per heavy atom. The second-order valence-corrected chi connectivity index (χ2v) is 5.78. The lowest BCUT2D eigenvalue weighted by Crippen LogP contribution is -2.10. The van der Waals surface area contributed by atoms with Gasteiger partial charge in [-0.25, -0.2) is 9.97 Å². The number of nitrogens with zero attached hydrogens (tertiary/aromatic N) is 4. The van der Waals surface area contributed by atoms with Gasteiger partial charge in [-0.3, -0.25) is 0 Å². The molecule has 2 heterocycles. The van der Waals surface area contributed by atoms with Crippen LogP contribution in [0.1, 0.15) is 25.0 Å². The summed E-state index contributed by atoms with van der Waals surface area (Å²) in [5.41, 5.74) is 10.9. The van der Waals surface area contributed by atoms with E-state index in [1.807, 2.05) is 19.9 Å². The van der Waals surface area contributed by atoms with E-state index in [9.17, 15) is 0 Å². The van der Waals surface area contributed by atoms with Crippen LogP contribution in [0.25, 0.3) is 22.4 Å². The first-order chi connectivity index (χ1) is 10.9. The second-order valence-electron chi connectivity index (χ2n) is 5.78. The Kier molecular flexibility index (Phi) is 3.82. The van der Waals surface area contributed by atoms with Crippen molar-refractivity contribution in [3.8, 4) is 17.1 Å². The molecule has 0 radical (unpaired) electrons. The maximum atomic E-state index is 5.72. The maximum absolute atomic E-state index is 5.72. The van der Waals surface area contributed by atoms with Crippen LogP contribution in [0.5, 0.6) is 5.88 Å². The molecule has 6 nitrogen and oxygen atoms in total. The average Bonchev–Trinajstić information content (AvgIpc) is 2.49. The summed E-state index contributed by atoms with van der Waals surface area (Å²) in [5.74, 6) is 0.488. The van der Waals surface area contributed by atoms with Gasteiger partial charge in [0.1, 0.15) is 0 Å². The molecule has 0 saturated heterocycles. The Hall–Kier alpha value is -2.76. The quantitative estimate of drug-likeness (QED) is 0.800. The number of nitrogen functional groups attached to an aromatic ring is 1. The van der Waals surface area contributed by atoms with E-state index in [0.717, 1.165) is 11.3 Å². The first-order valence-corrected chi connectivity index (χ1v) is 7.48. The number of aromatic nitrogens is 4. The van der Waals surface area contributed by atoms with Crippen LogP contribution in [0.3, 0.4) is 0 Å². The minimum absolute atomic E-state index is 0.0421. The summed E-state index contributed by atoms with van der Waals surface area (Å²) in [5, 5.41) is 0. The van der Waals surface area contributed by atoms with Crippen LogP contribution in [0, 0.1) is 13.8 Å². The van der Waals surface area contributed by atoms with Crippen molar-refractivity contribution in [3.63, 3.8) is 0 Å². The zero-order valence-corrected chi connectivity index (χ0v) is 13.7. The number of hydrogen-bond acceptors (Lipinski definition) is 6. The van der Waals surface area contributed by atoms with Crippen LogP contribution < -0.4 is 10.5 Å². The van der Waals surface area contributed by atoms with Crippen LogP contribution >= 0.6 is 0 Å². The number of rotatable bonds is 3. The van der Waals surface area contributed by atoms with Gasteiger partial charge in [-0.1, -0.05) is 12.1 Å². The number of ether oxygens (including phenoxy) is 1. The molecule has 3 rings (SSSR count). The van der Waals surface area contributed by atoms with Crippen LogP contribution in [0.15, 0.2) is 24.4 Å². The Bertz CT molecular complexity index is 876. The summed E-state index contributed by atoms with van der Waals surface area (Å²) >= 11 is 0. The Morgan fingerprint density at radius 2 is 1.83 bits per heavy atom. The standard InChI is InChI=1S/C17H19N5O/c1-9(2)23-16-14-15(21-17(18)22-16)19-8-13(20-14)12-6-5-10(3)11(4)7-12/h5-9H,1-4H3,(H2,18,19,21,22). The van der Waals surface area contributed by atoms with Crippen molar-refractivity contribution in [1.29, 1.82) is 0 Å². The van der Waals surface area contributed by atoms with Crippen molar-refractivity contribution in [2.24, 2.45) is 0 Å². The fourth-order valence-corrected chi connectivity index (χ4v) is 2.24. The van der Waals surface area contributed by atoms with E-state index in [2.05, 4.69) is 45.9 Å². The summed E-state index contributed by atoms with van der Waals surface area (Å²) in [6.07, 6.45) is 1.65. The van der Waals surface area contributed by atoms with Crippen LogP contribution in [-0.4, -0.2) is 26.0 Å². The molecule has 118 valence electrons. The average molecular weight is 309 g/mol. The van der Waals surface area contributed by atoms with Gasteiger partial charge in [0.25, 0.3) is 0 Å². The molecule has 2 N–H and O–H groups in total. The first kappa shape index (κ1) is 15.1. The number of hydrogen-bond donors (Lipinski definition) is 1. The molecule has 3 aromatic rings. The molecule has 23 heavy (non-hydrogen) atoms. The van der Waals surface area contributed by atoms with Gasteiger partial charge in [0.15, 0.2) is 11.2 Å². The zero-order chi connectivity index (χ0) is 16.6. The van der Waals surface area contributed by atoms with Gasteiger partial charge in [-0.2, -0.15) is 9.97 Å². The maximum Gasteiger partial charge on any atom is 0.247 e. The number of anilines is 1. The highest BCUT2D eigenvalue weighted by molar-refractivity contribution is 5.79. The van der Waals surface area contributed by atoms with Gasteiger partial charge in [-0.05, 0) is 44.9 Å². The van der Waals surface area contributed by atoms with Gasteiger partial charge in [0.05, 0.1) is 18.0 Å². The van der Waals surface area contributed by atoms with E-state index < -0.39 is 0 Å². The van der Waals surface area contributed by atoms with Gasteiger partial charge in [0, 0.05) is 5.56 Å². The fraction of sp³-hybridized carbons (Fsp3) is 0.294. The highest BCUT2D eigenvalue weighted by atomic mass is 16.5. The van der Waals surface area contributed by atoms with Crippen molar-refractivity contribution < 1.29 is 4.74 Å². The smallest absolute Gasteiger partial charge is 0.247 e. The van der Waals surface area contributed by atoms with Gasteiger partial charge in [-0.15, -0.1) is 0 Å². The Balaban J connectivity index is 2.16. The Labute approximate surface area is 134 Å². The van der Waals surface area contributed by atoms with Crippen LogP contribution in [-0.2, 0) is 0 Å². The highest BCUT2D eigenvalue weighted by Crippen LogP contribution is 2.25. The van der Waals surface area contributed by atoms with E-state index in [-0.39, 0.29) is 12.1 Å². The van der Waals surface area contributed by atoms with Crippen molar-refractivity contribution in [3.05, 3.63) is 35.5 Å². The van der Waals surface area contributed by atoms with Gasteiger partial charge < -0.3 is 10.5 Å². The lowest BCUT2D eigenvalue weighted by atomic mass is 10.0. The molecule has 0 atom stereocenters. The molecule has 0 aliphatic rings. The van der Waals surface area contributed by atoms with Gasteiger partial charge >= 0.3 is 0 Å². The molecule has 6 heteroatoms. The fourth-order valence-electron chi connectivity index (χ4n) is 2.24. The largest absolute Gasteiger partial charge is 0.473 e. The topological polar surface area (TPSA) is 86.8 Å². The van der Waals surface area contributed by atoms with E-state index in [0.29, 0.717) is 17.0 Å². The molecular weight excluding hydrogens is 290 g/mol. The minimum atomic E-state index is -0.0421. The van der Waals surface area contributed by atoms with Gasteiger partial charge in [0.2, 0.25) is 11.8 Å². The lowest BCUT2D eigenvalue weighted by molar-refractivity contribution is 0.235. The van der Waals surface area contributed by atoms with E-state index in [1.165, 1.54) is 11.1 Å². The molecule has 0 spiro atoms. The number of benzene rings is 1. The Morgan fingerprint density at radius 3 is 2.52 bits per heavy atom. The van der Waals surface area contributed by atoms with E-state index in [4.69, 9.17) is 10.5 Å². The van der Waals surface area contributed by atoms with E-state index in [1.54, 1.807) is 6.20 Å². The third-order valence-electron chi connectivity index (χ3n) is 3.54. The molecule has 0 unspecified atom stereocenters. The SMILES string of the molecule is Cc1ccc(-c2cnc3nc(N)nc(OC(C)C)c3n2)cc1C. The molecule has 0 amide bonds.